The first-order valence-corrected chi connectivity index (χ1v) is 8.07. The van der Waals surface area contributed by atoms with Crippen molar-refractivity contribution in [3.05, 3.63) is 64.1 Å². The molecule has 2 aromatic rings. The first-order valence-electron chi connectivity index (χ1n) is 6.12. The first-order chi connectivity index (χ1) is 10.1. The summed E-state index contributed by atoms with van der Waals surface area (Å²) in [6.45, 7) is 0. The van der Waals surface area contributed by atoms with E-state index in [1.165, 1.54) is 23.9 Å². The molecule has 0 radical (unpaired) electrons. The average molecular weight is 372 g/mol. The summed E-state index contributed by atoms with van der Waals surface area (Å²) in [5.74, 6) is -1.48. The van der Waals surface area contributed by atoms with E-state index in [9.17, 15) is 13.6 Å². The number of amides is 1. The highest BCUT2D eigenvalue weighted by Crippen LogP contribution is 2.18. The third-order valence-electron chi connectivity index (χ3n) is 2.65. The molecule has 0 heterocycles. The quantitative estimate of drug-likeness (QED) is 0.831. The average Bonchev–Trinajstić information content (AvgIpc) is 2.46. The monoisotopic (exact) mass is 371 g/mol. The summed E-state index contributed by atoms with van der Waals surface area (Å²) in [7, 11) is 0. The summed E-state index contributed by atoms with van der Waals surface area (Å²) in [5.41, 5.74) is 0.956. The molecule has 21 heavy (non-hydrogen) atoms. The number of thioether (sulfide) groups is 1. The van der Waals surface area contributed by atoms with Gasteiger partial charge in [0.25, 0.3) is 0 Å². The van der Waals surface area contributed by atoms with Crippen molar-refractivity contribution in [3.63, 3.8) is 0 Å². The Bertz CT molecular complexity index is 634. The number of nitrogens with one attached hydrogen (secondary N) is 1. The van der Waals surface area contributed by atoms with E-state index >= 15 is 0 Å². The number of halogens is 3. The zero-order valence-corrected chi connectivity index (χ0v) is 13.3. The van der Waals surface area contributed by atoms with Gasteiger partial charge in [-0.25, -0.2) is 8.78 Å². The van der Waals surface area contributed by atoms with Gasteiger partial charge in [-0.2, -0.15) is 0 Å². The maximum Gasteiger partial charge on any atom is 0.234 e. The molecular formula is C15H12BrF2NOS. The Kier molecular flexibility index (Phi) is 5.76. The van der Waals surface area contributed by atoms with Gasteiger partial charge in [0.15, 0.2) is 11.6 Å². The van der Waals surface area contributed by atoms with Crippen molar-refractivity contribution in [3.8, 4) is 0 Å². The summed E-state index contributed by atoms with van der Waals surface area (Å²) in [6, 6.07) is 11.2. The Labute approximate surface area is 134 Å². The van der Waals surface area contributed by atoms with Crippen molar-refractivity contribution in [2.45, 2.75) is 5.75 Å². The molecule has 0 spiro atoms. The van der Waals surface area contributed by atoms with Crippen LogP contribution in [0.25, 0.3) is 0 Å². The number of anilines is 1. The molecule has 0 aliphatic carbocycles. The Hall–Kier alpha value is -1.40. The lowest BCUT2D eigenvalue weighted by molar-refractivity contribution is -0.113. The van der Waals surface area contributed by atoms with Crippen molar-refractivity contribution in [1.82, 2.24) is 0 Å². The Morgan fingerprint density at radius 2 is 1.86 bits per heavy atom. The largest absolute Gasteiger partial charge is 0.325 e. The first kappa shape index (κ1) is 16.0. The molecule has 2 aromatic carbocycles. The molecule has 1 N–H and O–H groups in total. The van der Waals surface area contributed by atoms with E-state index in [1.54, 1.807) is 12.1 Å². The SMILES string of the molecule is O=C(CSCc1cccc(F)c1F)Nc1ccc(Br)cc1. The van der Waals surface area contributed by atoms with Crippen LogP contribution in [0.2, 0.25) is 0 Å². The van der Waals surface area contributed by atoms with Gasteiger partial charge in [0, 0.05) is 21.5 Å². The van der Waals surface area contributed by atoms with E-state index in [4.69, 9.17) is 0 Å². The molecular weight excluding hydrogens is 360 g/mol. The molecule has 2 rings (SSSR count). The predicted molar refractivity (Wildman–Crippen MR) is 85.3 cm³/mol. The van der Waals surface area contributed by atoms with Gasteiger partial charge in [0.1, 0.15) is 0 Å². The molecule has 0 fully saturated rings. The molecule has 1 amide bonds. The van der Waals surface area contributed by atoms with Gasteiger partial charge in [-0.1, -0.05) is 28.1 Å². The summed E-state index contributed by atoms with van der Waals surface area (Å²) in [4.78, 5) is 11.7. The molecule has 0 saturated heterocycles. The molecule has 110 valence electrons. The maximum absolute atomic E-state index is 13.4. The summed E-state index contributed by atoms with van der Waals surface area (Å²) in [6.07, 6.45) is 0. The van der Waals surface area contributed by atoms with Crippen LogP contribution < -0.4 is 5.32 Å². The van der Waals surface area contributed by atoms with Crippen LogP contribution in [0.4, 0.5) is 14.5 Å². The van der Waals surface area contributed by atoms with E-state index in [1.807, 2.05) is 12.1 Å². The lowest BCUT2D eigenvalue weighted by atomic mass is 10.2. The lowest BCUT2D eigenvalue weighted by Gasteiger charge is -2.06. The number of hydrogen-bond donors (Lipinski definition) is 1. The van der Waals surface area contributed by atoms with Crippen LogP contribution in [0.15, 0.2) is 46.9 Å². The molecule has 6 heteroatoms. The summed E-state index contributed by atoms with van der Waals surface area (Å²) in [5, 5.41) is 2.73. The Morgan fingerprint density at radius 1 is 1.14 bits per heavy atom. The smallest absolute Gasteiger partial charge is 0.234 e. The van der Waals surface area contributed by atoms with Crippen molar-refractivity contribution >= 4 is 39.3 Å². The fourth-order valence-corrected chi connectivity index (χ4v) is 2.71. The number of rotatable bonds is 5. The second kappa shape index (κ2) is 7.56. The fourth-order valence-electron chi connectivity index (χ4n) is 1.64. The highest BCUT2D eigenvalue weighted by molar-refractivity contribution is 9.10. The van der Waals surface area contributed by atoms with Gasteiger partial charge in [0.05, 0.1) is 5.75 Å². The number of carbonyl (C=O) groups is 1. The number of benzene rings is 2. The lowest BCUT2D eigenvalue weighted by Crippen LogP contribution is -2.14. The summed E-state index contributed by atoms with van der Waals surface area (Å²) >= 11 is 4.54. The van der Waals surface area contributed by atoms with E-state index < -0.39 is 11.6 Å². The summed E-state index contributed by atoms with van der Waals surface area (Å²) < 4.78 is 27.4. The molecule has 0 saturated carbocycles. The highest BCUT2D eigenvalue weighted by atomic mass is 79.9. The number of hydrogen-bond acceptors (Lipinski definition) is 2. The standard InChI is InChI=1S/C15H12BrF2NOS/c16-11-4-6-12(7-5-11)19-14(20)9-21-8-10-2-1-3-13(17)15(10)18/h1-7H,8-9H2,(H,19,20). The van der Waals surface area contributed by atoms with Gasteiger partial charge in [0.2, 0.25) is 5.91 Å². The Balaban J connectivity index is 1.81. The van der Waals surface area contributed by atoms with Crippen LogP contribution in [0, 0.1) is 11.6 Å². The van der Waals surface area contributed by atoms with Crippen molar-refractivity contribution in [1.29, 1.82) is 0 Å². The topological polar surface area (TPSA) is 29.1 Å². The molecule has 0 atom stereocenters. The molecule has 0 bridgehead atoms. The van der Waals surface area contributed by atoms with Gasteiger partial charge < -0.3 is 5.32 Å². The molecule has 0 unspecified atom stereocenters. The zero-order valence-electron chi connectivity index (χ0n) is 10.9. The minimum Gasteiger partial charge on any atom is -0.325 e. The van der Waals surface area contributed by atoms with Crippen molar-refractivity contribution < 1.29 is 13.6 Å². The van der Waals surface area contributed by atoms with Crippen LogP contribution >= 0.6 is 27.7 Å². The second-order valence-corrected chi connectivity index (χ2v) is 6.16. The predicted octanol–water partition coefficient (Wildman–Crippen LogP) is 4.60. The Morgan fingerprint density at radius 3 is 2.57 bits per heavy atom. The third kappa shape index (κ3) is 4.82. The van der Waals surface area contributed by atoms with Crippen molar-refractivity contribution in [2.75, 3.05) is 11.1 Å². The van der Waals surface area contributed by atoms with Gasteiger partial charge in [-0.05, 0) is 30.3 Å². The van der Waals surface area contributed by atoms with Gasteiger partial charge >= 0.3 is 0 Å². The molecule has 0 aliphatic rings. The van der Waals surface area contributed by atoms with Crippen LogP contribution in [-0.2, 0) is 10.5 Å². The highest BCUT2D eigenvalue weighted by Gasteiger charge is 2.09. The second-order valence-electron chi connectivity index (χ2n) is 4.26. The minimum absolute atomic E-state index is 0.173. The van der Waals surface area contributed by atoms with Crippen LogP contribution in [0.1, 0.15) is 5.56 Å². The van der Waals surface area contributed by atoms with E-state index in [0.717, 1.165) is 10.5 Å². The number of carbonyl (C=O) groups excluding carboxylic acids is 1. The zero-order chi connectivity index (χ0) is 15.2. The maximum atomic E-state index is 13.4. The molecule has 0 aromatic heterocycles. The van der Waals surface area contributed by atoms with Crippen molar-refractivity contribution in [2.24, 2.45) is 0 Å². The van der Waals surface area contributed by atoms with Crippen LogP contribution in [0.5, 0.6) is 0 Å². The molecule has 0 aliphatic heterocycles. The van der Waals surface area contributed by atoms with Gasteiger partial charge in [-0.15, -0.1) is 11.8 Å². The van der Waals surface area contributed by atoms with Crippen LogP contribution in [0.3, 0.4) is 0 Å². The van der Waals surface area contributed by atoms with Crippen LogP contribution in [-0.4, -0.2) is 11.7 Å². The van der Waals surface area contributed by atoms with E-state index in [2.05, 4.69) is 21.2 Å². The van der Waals surface area contributed by atoms with E-state index in [-0.39, 0.29) is 23.0 Å². The van der Waals surface area contributed by atoms with E-state index in [0.29, 0.717) is 5.69 Å². The minimum atomic E-state index is -0.868. The molecule has 2 nitrogen and oxygen atoms in total. The third-order valence-corrected chi connectivity index (χ3v) is 4.16. The normalized spacial score (nSPS) is 10.4. The fraction of sp³-hybridized carbons (Fsp3) is 0.133. The van der Waals surface area contributed by atoms with Gasteiger partial charge in [-0.3, -0.25) is 4.79 Å².